The fourth-order valence-corrected chi connectivity index (χ4v) is 5.90. The molecule has 33 heavy (non-hydrogen) atoms. The standard InChI is InChI=1S/C23H22FN5O3S/c1-14-3-4-15(33(31,32)13-23(30)6-2-7-23)9-17(14)20-11-27-22-21(25)28-19(12-29(20)22)16-5-8-26-10-18(16)24/h3-5,8-12,30H,2,6-7,13H2,1H3,(H2,25,28). The zero-order valence-corrected chi connectivity index (χ0v) is 18.7. The van der Waals surface area contributed by atoms with Gasteiger partial charge in [0.25, 0.3) is 0 Å². The van der Waals surface area contributed by atoms with Crippen molar-refractivity contribution in [3.05, 3.63) is 60.4 Å². The van der Waals surface area contributed by atoms with E-state index in [1.807, 2.05) is 6.92 Å². The summed E-state index contributed by atoms with van der Waals surface area (Å²) in [5.41, 5.74) is 7.91. The van der Waals surface area contributed by atoms with Gasteiger partial charge in [-0.25, -0.2) is 22.8 Å². The molecule has 1 saturated carbocycles. The Morgan fingerprint density at radius 1 is 1.21 bits per heavy atom. The number of aromatic nitrogens is 4. The van der Waals surface area contributed by atoms with E-state index in [1.165, 1.54) is 12.3 Å². The maximum atomic E-state index is 14.3. The molecule has 0 amide bonds. The first-order valence-corrected chi connectivity index (χ1v) is 12.1. The predicted molar refractivity (Wildman–Crippen MR) is 122 cm³/mol. The Morgan fingerprint density at radius 3 is 2.70 bits per heavy atom. The molecule has 5 rings (SSSR count). The van der Waals surface area contributed by atoms with E-state index in [9.17, 15) is 17.9 Å². The lowest BCUT2D eigenvalue weighted by Crippen LogP contribution is -2.43. The molecule has 0 atom stereocenters. The van der Waals surface area contributed by atoms with Crippen LogP contribution in [-0.4, -0.2) is 44.2 Å². The molecule has 0 unspecified atom stereocenters. The Morgan fingerprint density at radius 2 is 2.00 bits per heavy atom. The summed E-state index contributed by atoms with van der Waals surface area (Å²) in [6.45, 7) is 1.86. The minimum absolute atomic E-state index is 0.114. The molecule has 3 N–H and O–H groups in total. The van der Waals surface area contributed by atoms with E-state index < -0.39 is 21.3 Å². The predicted octanol–water partition coefficient (Wildman–Crippen LogP) is 3.18. The van der Waals surface area contributed by atoms with Crippen molar-refractivity contribution < 1.29 is 17.9 Å². The molecule has 3 aromatic heterocycles. The molecule has 1 aliphatic carbocycles. The summed E-state index contributed by atoms with van der Waals surface area (Å²) in [7, 11) is -3.70. The zero-order chi connectivity index (χ0) is 23.4. The molecule has 1 fully saturated rings. The van der Waals surface area contributed by atoms with E-state index in [0.717, 1.165) is 18.2 Å². The molecule has 0 saturated heterocycles. The first-order valence-electron chi connectivity index (χ1n) is 10.5. The molecule has 3 heterocycles. The summed E-state index contributed by atoms with van der Waals surface area (Å²) in [4.78, 5) is 12.5. The van der Waals surface area contributed by atoms with Gasteiger partial charge in [0, 0.05) is 23.5 Å². The molecular formula is C23H22FN5O3S. The number of hydrogen-bond acceptors (Lipinski definition) is 7. The number of fused-ring (bicyclic) bond motifs is 1. The fraction of sp³-hybridized carbons (Fsp3) is 0.261. The Labute approximate surface area is 189 Å². The number of nitrogen functional groups attached to an aromatic ring is 1. The van der Waals surface area contributed by atoms with Crippen LogP contribution in [0.4, 0.5) is 10.2 Å². The van der Waals surface area contributed by atoms with Gasteiger partial charge in [-0.2, -0.15) is 0 Å². The van der Waals surface area contributed by atoms with Crippen molar-refractivity contribution in [1.82, 2.24) is 19.4 Å². The van der Waals surface area contributed by atoms with Crippen LogP contribution in [0.2, 0.25) is 0 Å². The Kier molecular flexibility index (Phi) is 4.95. The summed E-state index contributed by atoms with van der Waals surface area (Å²) >= 11 is 0. The van der Waals surface area contributed by atoms with Gasteiger partial charge >= 0.3 is 0 Å². The van der Waals surface area contributed by atoms with Crippen molar-refractivity contribution in [3.63, 3.8) is 0 Å². The van der Waals surface area contributed by atoms with Crippen LogP contribution in [0.1, 0.15) is 24.8 Å². The third kappa shape index (κ3) is 3.75. The molecule has 1 aliphatic rings. The third-order valence-electron chi connectivity index (χ3n) is 6.15. The van der Waals surface area contributed by atoms with Crippen molar-refractivity contribution in [2.75, 3.05) is 11.5 Å². The monoisotopic (exact) mass is 467 g/mol. The summed E-state index contributed by atoms with van der Waals surface area (Å²) < 4.78 is 42.0. The minimum atomic E-state index is -3.70. The van der Waals surface area contributed by atoms with Gasteiger partial charge in [0.15, 0.2) is 27.1 Å². The highest BCUT2D eigenvalue weighted by Gasteiger charge is 2.39. The van der Waals surface area contributed by atoms with Crippen molar-refractivity contribution in [2.24, 2.45) is 0 Å². The number of anilines is 1. The number of halogens is 1. The van der Waals surface area contributed by atoms with Crippen LogP contribution in [0, 0.1) is 12.7 Å². The molecule has 4 aromatic rings. The summed E-state index contributed by atoms with van der Waals surface area (Å²) in [5.74, 6) is -0.731. The molecule has 0 spiro atoms. The van der Waals surface area contributed by atoms with Gasteiger partial charge in [0.1, 0.15) is 0 Å². The van der Waals surface area contributed by atoms with Crippen LogP contribution in [0.5, 0.6) is 0 Å². The van der Waals surface area contributed by atoms with Crippen molar-refractivity contribution >= 4 is 21.3 Å². The van der Waals surface area contributed by atoms with Crippen LogP contribution in [0.3, 0.4) is 0 Å². The number of benzene rings is 1. The van der Waals surface area contributed by atoms with Gasteiger partial charge in [0.2, 0.25) is 0 Å². The number of nitrogens with two attached hydrogens (primary N) is 1. The highest BCUT2D eigenvalue weighted by molar-refractivity contribution is 7.91. The second-order valence-corrected chi connectivity index (χ2v) is 10.5. The quantitative estimate of drug-likeness (QED) is 0.462. The van der Waals surface area contributed by atoms with Crippen LogP contribution in [0.25, 0.3) is 28.2 Å². The number of pyridine rings is 1. The molecule has 170 valence electrons. The van der Waals surface area contributed by atoms with Crippen molar-refractivity contribution in [3.8, 4) is 22.5 Å². The van der Waals surface area contributed by atoms with Crippen LogP contribution >= 0.6 is 0 Å². The number of aliphatic hydroxyl groups is 1. The SMILES string of the molecule is Cc1ccc(S(=O)(=O)CC2(O)CCC2)cc1-c1cnc2c(N)nc(-c3ccncc3F)cn12. The highest BCUT2D eigenvalue weighted by Crippen LogP contribution is 2.36. The molecule has 0 aliphatic heterocycles. The molecule has 0 radical (unpaired) electrons. The van der Waals surface area contributed by atoms with E-state index in [0.29, 0.717) is 35.4 Å². The molecule has 8 nitrogen and oxygen atoms in total. The largest absolute Gasteiger partial charge is 0.389 e. The van der Waals surface area contributed by atoms with Gasteiger partial charge in [-0.1, -0.05) is 6.07 Å². The van der Waals surface area contributed by atoms with Gasteiger partial charge in [-0.05, 0) is 49.9 Å². The smallest absolute Gasteiger partial charge is 0.181 e. The Bertz CT molecular complexity index is 1500. The maximum absolute atomic E-state index is 14.3. The molecule has 0 bridgehead atoms. The van der Waals surface area contributed by atoms with Crippen LogP contribution in [-0.2, 0) is 9.84 Å². The van der Waals surface area contributed by atoms with E-state index in [-0.39, 0.29) is 22.0 Å². The number of sulfone groups is 1. The average Bonchev–Trinajstić information content (AvgIpc) is 3.17. The zero-order valence-electron chi connectivity index (χ0n) is 17.9. The minimum Gasteiger partial charge on any atom is -0.389 e. The average molecular weight is 468 g/mol. The lowest BCUT2D eigenvalue weighted by atomic mass is 9.82. The third-order valence-corrected chi connectivity index (χ3v) is 8.04. The van der Waals surface area contributed by atoms with E-state index in [2.05, 4.69) is 15.0 Å². The Hall–Kier alpha value is -3.37. The number of nitrogens with zero attached hydrogens (tertiary/aromatic N) is 4. The van der Waals surface area contributed by atoms with Gasteiger partial charge < -0.3 is 10.8 Å². The lowest BCUT2D eigenvalue weighted by Gasteiger charge is -2.36. The second kappa shape index (κ2) is 7.60. The van der Waals surface area contributed by atoms with E-state index >= 15 is 0 Å². The van der Waals surface area contributed by atoms with Crippen molar-refractivity contribution in [1.29, 1.82) is 0 Å². The number of hydrogen-bond donors (Lipinski definition) is 2. The van der Waals surface area contributed by atoms with Crippen LogP contribution in [0.15, 0.2) is 53.9 Å². The van der Waals surface area contributed by atoms with E-state index in [4.69, 9.17) is 5.73 Å². The first kappa shape index (κ1) is 21.5. The van der Waals surface area contributed by atoms with Gasteiger partial charge in [-0.3, -0.25) is 9.38 Å². The number of rotatable bonds is 5. The normalized spacial score (nSPS) is 15.5. The second-order valence-electron chi connectivity index (χ2n) is 8.52. The van der Waals surface area contributed by atoms with Crippen molar-refractivity contribution in [2.45, 2.75) is 36.7 Å². The lowest BCUT2D eigenvalue weighted by molar-refractivity contribution is -0.0114. The molecule has 1 aromatic carbocycles. The van der Waals surface area contributed by atoms with Gasteiger partial charge in [-0.15, -0.1) is 0 Å². The first-order chi connectivity index (χ1) is 15.7. The fourth-order valence-electron chi connectivity index (χ4n) is 4.16. The maximum Gasteiger partial charge on any atom is 0.181 e. The summed E-state index contributed by atoms with van der Waals surface area (Å²) in [6, 6.07) is 6.36. The highest BCUT2D eigenvalue weighted by atomic mass is 32.2. The van der Waals surface area contributed by atoms with Crippen LogP contribution < -0.4 is 5.73 Å². The summed E-state index contributed by atoms with van der Waals surface area (Å²) in [6.07, 6.45) is 7.55. The molecule has 10 heteroatoms. The Balaban J connectivity index is 1.64. The number of aryl methyl sites for hydroxylation is 1. The number of imidazole rings is 1. The van der Waals surface area contributed by atoms with Gasteiger partial charge in [0.05, 0.1) is 40.0 Å². The summed E-state index contributed by atoms with van der Waals surface area (Å²) in [5, 5.41) is 10.4. The van der Waals surface area contributed by atoms with E-state index in [1.54, 1.807) is 35.0 Å². The molecular weight excluding hydrogens is 445 g/mol. The topological polar surface area (TPSA) is 123 Å².